The molecule has 2 aliphatic heterocycles. The maximum absolute atomic E-state index is 13.9. The van der Waals surface area contributed by atoms with Crippen LogP contribution < -0.4 is 10.6 Å². The summed E-state index contributed by atoms with van der Waals surface area (Å²) in [7, 11) is 5.62. The predicted octanol–water partition coefficient (Wildman–Crippen LogP) is 6.22. The van der Waals surface area contributed by atoms with Gasteiger partial charge in [0, 0.05) is 44.5 Å². The Morgan fingerprint density at radius 3 is 1.88 bits per heavy atom. The minimum atomic E-state index is -0.929. The van der Waals surface area contributed by atoms with Gasteiger partial charge in [-0.05, 0) is 42.2 Å². The molecule has 16 nitrogen and oxygen atoms in total. The molecule has 2 aromatic heterocycles. The third-order valence-corrected chi connectivity index (χ3v) is 12.6. The van der Waals surface area contributed by atoms with Crippen LogP contribution in [0.5, 0.6) is 0 Å². The van der Waals surface area contributed by atoms with Crippen molar-refractivity contribution in [1.82, 2.24) is 40.4 Å². The van der Waals surface area contributed by atoms with Crippen LogP contribution in [0.3, 0.4) is 0 Å². The Morgan fingerprint density at radius 1 is 0.767 bits per heavy atom. The SMILES string of the molecule is COC(=O)N[C@H](C(=O)N1C[C@@H](OC)C[C@H]1c1nc(-c2ccc(-c3ccc(-c4cnc([C@@H]5C[C@H](SC)CN5C(=O)[C@@H](NC(=O)OC)[C@@H](C)OC)[nH]4)cc3)cc2)c(Cl)[nH]1)C(C)C. The van der Waals surface area contributed by atoms with Gasteiger partial charge in [0.05, 0.1) is 50.4 Å². The fourth-order valence-electron chi connectivity index (χ4n) is 7.73. The Kier molecular flexibility index (Phi) is 14.5. The number of aromatic amines is 2. The van der Waals surface area contributed by atoms with Gasteiger partial charge in [-0.15, -0.1) is 0 Å². The molecule has 0 unspecified atom stereocenters. The summed E-state index contributed by atoms with van der Waals surface area (Å²) in [6.07, 6.45) is 2.82. The zero-order chi connectivity index (χ0) is 43.2. The topological polar surface area (TPSA) is 193 Å². The van der Waals surface area contributed by atoms with Crippen LogP contribution in [0.4, 0.5) is 9.59 Å². The minimum Gasteiger partial charge on any atom is -0.453 e. The van der Waals surface area contributed by atoms with E-state index in [1.54, 1.807) is 41.8 Å². The molecule has 0 bridgehead atoms. The van der Waals surface area contributed by atoms with E-state index in [0.29, 0.717) is 48.4 Å². The summed E-state index contributed by atoms with van der Waals surface area (Å²) in [6.45, 7) is 6.29. The number of carbonyl (C=O) groups excluding carboxylic acids is 4. The summed E-state index contributed by atoms with van der Waals surface area (Å²) in [5.41, 5.74) is 5.07. The number of nitrogens with one attached hydrogen (secondary N) is 4. The fraction of sp³-hybridized carbons (Fsp3) is 0.476. The van der Waals surface area contributed by atoms with Crippen LogP contribution >= 0.6 is 23.4 Å². The van der Waals surface area contributed by atoms with Crippen LogP contribution in [-0.2, 0) is 28.5 Å². The molecule has 7 atom stereocenters. The number of halogens is 1. The Morgan fingerprint density at radius 2 is 1.32 bits per heavy atom. The van der Waals surface area contributed by atoms with Crippen molar-refractivity contribution < 1.29 is 38.1 Å². The number of H-pyrrole nitrogens is 2. The molecule has 4 aromatic rings. The van der Waals surface area contributed by atoms with Gasteiger partial charge < -0.3 is 49.3 Å². The molecule has 322 valence electrons. The van der Waals surface area contributed by atoms with Crippen molar-refractivity contribution in [3.63, 3.8) is 0 Å². The highest BCUT2D eigenvalue weighted by atomic mass is 35.5. The summed E-state index contributed by atoms with van der Waals surface area (Å²) in [5, 5.41) is 5.85. The van der Waals surface area contributed by atoms with Gasteiger partial charge in [-0.1, -0.05) is 74.0 Å². The van der Waals surface area contributed by atoms with Crippen molar-refractivity contribution >= 4 is 47.4 Å². The van der Waals surface area contributed by atoms with Gasteiger partial charge >= 0.3 is 12.2 Å². The number of imidazole rings is 2. The van der Waals surface area contributed by atoms with Gasteiger partial charge in [-0.25, -0.2) is 19.6 Å². The number of thioether (sulfide) groups is 1. The number of benzene rings is 2. The van der Waals surface area contributed by atoms with E-state index in [1.165, 1.54) is 21.3 Å². The molecule has 2 fully saturated rings. The lowest BCUT2D eigenvalue weighted by atomic mass is 10.0. The van der Waals surface area contributed by atoms with Crippen LogP contribution in [0.1, 0.15) is 57.3 Å². The molecule has 4 heterocycles. The second-order valence-corrected chi connectivity index (χ2v) is 16.7. The number of carbonyl (C=O) groups is 4. The summed E-state index contributed by atoms with van der Waals surface area (Å²) >= 11 is 8.44. The lowest BCUT2D eigenvalue weighted by Crippen LogP contribution is -2.54. The molecule has 0 radical (unpaired) electrons. The van der Waals surface area contributed by atoms with Crippen LogP contribution in [0.15, 0.2) is 54.7 Å². The first-order valence-corrected chi connectivity index (χ1v) is 21.4. The maximum atomic E-state index is 13.9. The van der Waals surface area contributed by atoms with E-state index in [4.69, 9.17) is 40.5 Å². The highest BCUT2D eigenvalue weighted by molar-refractivity contribution is 7.99. The van der Waals surface area contributed by atoms with Gasteiger partial charge in [0.15, 0.2) is 0 Å². The number of ether oxygens (including phenoxy) is 4. The normalized spacial score (nSPS) is 20.5. The fourth-order valence-corrected chi connectivity index (χ4v) is 8.67. The number of rotatable bonds is 14. The van der Waals surface area contributed by atoms with E-state index in [0.717, 1.165) is 27.9 Å². The van der Waals surface area contributed by atoms with Gasteiger partial charge in [0.25, 0.3) is 0 Å². The van der Waals surface area contributed by atoms with Crippen molar-refractivity contribution in [3.8, 4) is 33.6 Å². The molecule has 0 spiro atoms. The van der Waals surface area contributed by atoms with E-state index >= 15 is 0 Å². The Bertz CT molecular complexity index is 2130. The molecule has 2 aromatic carbocycles. The monoisotopic (exact) mass is 864 g/mol. The number of alkyl carbamates (subject to hydrolysis) is 2. The Hall–Kier alpha value is -5.10. The molecule has 2 aliphatic rings. The Labute approximate surface area is 358 Å². The van der Waals surface area contributed by atoms with Crippen molar-refractivity contribution in [1.29, 1.82) is 0 Å². The number of methoxy groups -OCH3 is 4. The van der Waals surface area contributed by atoms with E-state index in [1.807, 2.05) is 68.6 Å². The molecule has 60 heavy (non-hydrogen) atoms. The minimum absolute atomic E-state index is 0.188. The average molecular weight is 865 g/mol. The van der Waals surface area contributed by atoms with Crippen LogP contribution in [0.2, 0.25) is 5.15 Å². The lowest BCUT2D eigenvalue weighted by Gasteiger charge is -2.30. The number of amides is 4. The second kappa shape index (κ2) is 19.5. The second-order valence-electron chi connectivity index (χ2n) is 15.2. The summed E-state index contributed by atoms with van der Waals surface area (Å²) < 4.78 is 20.6. The third-order valence-electron chi connectivity index (χ3n) is 11.3. The quantitative estimate of drug-likeness (QED) is 0.113. The Balaban J connectivity index is 1.16. The van der Waals surface area contributed by atoms with E-state index in [2.05, 4.69) is 20.6 Å². The zero-order valence-corrected chi connectivity index (χ0v) is 36.6. The first kappa shape index (κ1) is 44.5. The van der Waals surface area contributed by atoms with Crippen LogP contribution in [-0.4, -0.2) is 131 Å². The number of hydrogen-bond donors (Lipinski definition) is 4. The molecule has 4 amide bonds. The van der Waals surface area contributed by atoms with Crippen LogP contribution in [0.25, 0.3) is 33.6 Å². The molecule has 0 saturated carbocycles. The lowest BCUT2D eigenvalue weighted by molar-refractivity contribution is -0.137. The van der Waals surface area contributed by atoms with Crippen molar-refractivity contribution in [2.24, 2.45) is 5.92 Å². The first-order chi connectivity index (χ1) is 28.8. The molecule has 4 N–H and O–H groups in total. The summed E-state index contributed by atoms with van der Waals surface area (Å²) in [5.74, 6) is 0.483. The first-order valence-electron chi connectivity index (χ1n) is 19.7. The predicted molar refractivity (Wildman–Crippen MR) is 228 cm³/mol. The highest BCUT2D eigenvalue weighted by Gasteiger charge is 2.43. The number of aromatic nitrogens is 4. The standard InChI is InChI=1S/C42H53ClN8O8S/c1-22(2)33(47-41(54)58-6)39(52)50-20-28(57-5)17-31(50)38-46-35(36(43)49-38)27-15-11-25(12-16-27)24-9-13-26(14-10-24)30-19-44-37(45-30)32-18-29(60-8)21-51(32)40(53)34(23(3)56-4)48-42(55)59-7/h9-16,19,22-23,28-29,31-34H,17-18,20-21H2,1-8H3,(H,44,45)(H,46,49)(H,47,54)(H,48,55)/t23-,28+,29+,31+,32+,33+,34+/m1/s1. The molecular formula is C42H53ClN8O8S. The van der Waals surface area contributed by atoms with Crippen molar-refractivity contribution in [2.45, 2.75) is 75.2 Å². The molecular weight excluding hydrogens is 812 g/mol. The number of nitrogens with zero attached hydrogens (tertiary/aromatic N) is 4. The van der Waals surface area contributed by atoms with E-state index in [9.17, 15) is 19.2 Å². The van der Waals surface area contributed by atoms with Crippen LogP contribution in [0, 0.1) is 5.92 Å². The summed E-state index contributed by atoms with van der Waals surface area (Å²) in [6, 6.07) is 13.5. The maximum Gasteiger partial charge on any atom is 0.407 e. The van der Waals surface area contributed by atoms with Crippen molar-refractivity contribution in [2.75, 3.05) is 47.8 Å². The van der Waals surface area contributed by atoms with Gasteiger partial charge in [-0.3, -0.25) is 9.59 Å². The van der Waals surface area contributed by atoms with E-state index in [-0.39, 0.29) is 35.1 Å². The number of likely N-dealkylation sites (tertiary alicyclic amines) is 2. The van der Waals surface area contributed by atoms with Gasteiger partial charge in [0.1, 0.15) is 34.6 Å². The zero-order valence-electron chi connectivity index (χ0n) is 35.0. The smallest absolute Gasteiger partial charge is 0.407 e. The molecule has 2 saturated heterocycles. The third kappa shape index (κ3) is 9.59. The van der Waals surface area contributed by atoms with Crippen molar-refractivity contribution in [3.05, 3.63) is 71.5 Å². The molecule has 6 rings (SSSR count). The molecule has 0 aliphatic carbocycles. The van der Waals surface area contributed by atoms with E-state index < -0.39 is 36.4 Å². The number of hydrogen-bond acceptors (Lipinski definition) is 11. The highest BCUT2D eigenvalue weighted by Crippen LogP contribution is 2.39. The molecule has 18 heteroatoms. The summed E-state index contributed by atoms with van der Waals surface area (Å²) in [4.78, 5) is 71.5. The largest absolute Gasteiger partial charge is 0.453 e. The average Bonchev–Trinajstić information content (AvgIpc) is 4.09. The van der Waals surface area contributed by atoms with Gasteiger partial charge in [-0.2, -0.15) is 11.8 Å². The van der Waals surface area contributed by atoms with Gasteiger partial charge in [0.2, 0.25) is 11.8 Å².